The lowest BCUT2D eigenvalue weighted by atomic mass is 10.0. The minimum Gasteiger partial charge on any atom is -0.198 e. The first-order valence-corrected chi connectivity index (χ1v) is 5.15. The van der Waals surface area contributed by atoms with Gasteiger partial charge in [0.05, 0.1) is 12.5 Å². The highest BCUT2D eigenvalue weighted by Crippen LogP contribution is 2.21. The second kappa shape index (κ2) is 5.02. The fourth-order valence-electron chi connectivity index (χ4n) is 1.40. The van der Waals surface area contributed by atoms with Crippen LogP contribution < -0.4 is 0 Å². The van der Waals surface area contributed by atoms with Crippen molar-refractivity contribution in [1.29, 1.82) is 5.26 Å². The zero-order chi connectivity index (χ0) is 10.6. The van der Waals surface area contributed by atoms with Gasteiger partial charge in [-0.1, -0.05) is 37.6 Å². The largest absolute Gasteiger partial charge is 0.198 e. The van der Waals surface area contributed by atoms with Crippen LogP contribution in [-0.4, -0.2) is 0 Å². The van der Waals surface area contributed by atoms with Crippen LogP contribution in [0.25, 0.3) is 0 Å². The summed E-state index contributed by atoms with van der Waals surface area (Å²) in [6.45, 7) is 4.33. The minimum atomic E-state index is 0.432. The lowest BCUT2D eigenvalue weighted by molar-refractivity contribution is 0.647. The highest BCUT2D eigenvalue weighted by molar-refractivity contribution is 6.31. The third-order valence-corrected chi connectivity index (χ3v) is 2.38. The van der Waals surface area contributed by atoms with Gasteiger partial charge < -0.3 is 0 Å². The molecule has 0 unspecified atom stereocenters. The summed E-state index contributed by atoms with van der Waals surface area (Å²) in [5, 5.41) is 9.32. The fraction of sp³-hybridized carbons (Fsp3) is 0.417. The molecule has 14 heavy (non-hydrogen) atoms. The van der Waals surface area contributed by atoms with Crippen molar-refractivity contribution in [2.75, 3.05) is 0 Å². The van der Waals surface area contributed by atoms with E-state index in [1.54, 1.807) is 0 Å². The normalized spacial score (nSPS) is 10.2. The number of hydrogen-bond donors (Lipinski definition) is 0. The molecular formula is C12H14ClN. The van der Waals surface area contributed by atoms with Gasteiger partial charge in [-0.2, -0.15) is 5.26 Å². The fourth-order valence-corrected chi connectivity index (χ4v) is 1.68. The molecule has 0 saturated heterocycles. The van der Waals surface area contributed by atoms with E-state index in [1.807, 2.05) is 18.2 Å². The van der Waals surface area contributed by atoms with Crippen molar-refractivity contribution >= 4 is 11.6 Å². The molecule has 0 amide bonds. The standard InChI is InChI=1S/C12H14ClN/c1-9(2)7-11-4-3-10(5-6-14)8-12(11)13/h3-4,8-9H,5,7H2,1-2H3. The van der Waals surface area contributed by atoms with Crippen LogP contribution in [0, 0.1) is 17.2 Å². The summed E-state index contributed by atoms with van der Waals surface area (Å²) >= 11 is 6.10. The molecule has 0 radical (unpaired) electrons. The quantitative estimate of drug-likeness (QED) is 0.743. The van der Waals surface area contributed by atoms with E-state index >= 15 is 0 Å². The maximum atomic E-state index is 8.53. The molecule has 1 aromatic carbocycles. The average Bonchev–Trinajstić information content (AvgIpc) is 2.10. The Labute approximate surface area is 90.3 Å². The predicted molar refractivity (Wildman–Crippen MR) is 59.3 cm³/mol. The summed E-state index contributed by atoms with van der Waals surface area (Å²) in [6.07, 6.45) is 1.42. The molecule has 0 saturated carbocycles. The number of benzene rings is 1. The van der Waals surface area contributed by atoms with Crippen LogP contribution in [-0.2, 0) is 12.8 Å². The maximum absolute atomic E-state index is 8.53. The predicted octanol–water partition coefficient (Wildman–Crippen LogP) is 3.60. The molecule has 1 aromatic rings. The highest BCUT2D eigenvalue weighted by Gasteiger charge is 2.03. The summed E-state index contributed by atoms with van der Waals surface area (Å²) in [7, 11) is 0. The third kappa shape index (κ3) is 3.05. The maximum Gasteiger partial charge on any atom is 0.0669 e. The van der Waals surface area contributed by atoms with Crippen LogP contribution >= 0.6 is 11.6 Å². The van der Waals surface area contributed by atoms with E-state index in [9.17, 15) is 0 Å². The molecule has 0 aliphatic rings. The Morgan fingerprint density at radius 2 is 2.14 bits per heavy atom. The van der Waals surface area contributed by atoms with E-state index in [4.69, 9.17) is 16.9 Å². The van der Waals surface area contributed by atoms with Gasteiger partial charge in [0, 0.05) is 5.02 Å². The summed E-state index contributed by atoms with van der Waals surface area (Å²) < 4.78 is 0. The van der Waals surface area contributed by atoms with Crippen LogP contribution in [0.15, 0.2) is 18.2 Å². The first kappa shape index (κ1) is 11.1. The number of rotatable bonds is 3. The monoisotopic (exact) mass is 207 g/mol. The molecule has 1 rings (SSSR count). The molecular weight excluding hydrogens is 194 g/mol. The zero-order valence-electron chi connectivity index (χ0n) is 8.55. The SMILES string of the molecule is CC(C)Cc1ccc(CC#N)cc1Cl. The minimum absolute atomic E-state index is 0.432. The van der Waals surface area contributed by atoms with Crippen LogP contribution in [0.5, 0.6) is 0 Å². The summed E-state index contributed by atoms with van der Waals surface area (Å²) in [5.41, 5.74) is 2.16. The molecule has 0 aliphatic carbocycles. The Hall–Kier alpha value is -1.00. The van der Waals surface area contributed by atoms with Crippen molar-refractivity contribution in [3.8, 4) is 6.07 Å². The number of hydrogen-bond acceptors (Lipinski definition) is 1. The summed E-state index contributed by atoms with van der Waals surface area (Å²) in [4.78, 5) is 0. The van der Waals surface area contributed by atoms with Crippen molar-refractivity contribution in [2.45, 2.75) is 26.7 Å². The Bertz CT molecular complexity index is 350. The van der Waals surface area contributed by atoms with E-state index in [0.29, 0.717) is 12.3 Å². The molecule has 0 spiro atoms. The molecule has 74 valence electrons. The molecule has 2 heteroatoms. The molecule has 0 N–H and O–H groups in total. The molecule has 0 aromatic heterocycles. The Morgan fingerprint density at radius 3 is 2.64 bits per heavy atom. The number of nitrogens with zero attached hydrogens (tertiary/aromatic N) is 1. The first-order chi connectivity index (χ1) is 6.63. The zero-order valence-corrected chi connectivity index (χ0v) is 9.30. The molecule has 0 fully saturated rings. The van der Waals surface area contributed by atoms with Gasteiger partial charge in [-0.15, -0.1) is 0 Å². The van der Waals surface area contributed by atoms with Gasteiger partial charge in [-0.25, -0.2) is 0 Å². The van der Waals surface area contributed by atoms with Gasteiger partial charge in [-0.05, 0) is 29.5 Å². The molecule has 0 heterocycles. The van der Waals surface area contributed by atoms with Gasteiger partial charge >= 0.3 is 0 Å². The molecule has 0 aliphatic heterocycles. The molecule has 0 atom stereocenters. The second-order valence-corrected chi connectivity index (χ2v) is 4.27. The van der Waals surface area contributed by atoms with Crippen LogP contribution in [0.1, 0.15) is 25.0 Å². The van der Waals surface area contributed by atoms with E-state index in [2.05, 4.69) is 19.9 Å². The van der Waals surface area contributed by atoms with Crippen molar-refractivity contribution < 1.29 is 0 Å². The Balaban J connectivity index is 2.85. The van der Waals surface area contributed by atoms with E-state index < -0.39 is 0 Å². The van der Waals surface area contributed by atoms with Gasteiger partial charge in [0.15, 0.2) is 0 Å². The van der Waals surface area contributed by atoms with Crippen LogP contribution in [0.2, 0.25) is 5.02 Å². The topological polar surface area (TPSA) is 23.8 Å². The summed E-state index contributed by atoms with van der Waals surface area (Å²) in [5.74, 6) is 0.606. The van der Waals surface area contributed by atoms with Gasteiger partial charge in [0.25, 0.3) is 0 Å². The summed E-state index contributed by atoms with van der Waals surface area (Å²) in [6, 6.07) is 8.01. The Kier molecular flexibility index (Phi) is 3.98. The second-order valence-electron chi connectivity index (χ2n) is 3.86. The van der Waals surface area contributed by atoms with Gasteiger partial charge in [-0.3, -0.25) is 0 Å². The lowest BCUT2D eigenvalue weighted by Gasteiger charge is -2.07. The van der Waals surface area contributed by atoms with Crippen molar-refractivity contribution in [3.63, 3.8) is 0 Å². The molecule has 1 nitrogen and oxygen atoms in total. The van der Waals surface area contributed by atoms with Gasteiger partial charge in [0.2, 0.25) is 0 Å². The van der Waals surface area contributed by atoms with E-state index in [0.717, 1.165) is 17.0 Å². The van der Waals surface area contributed by atoms with Crippen molar-refractivity contribution in [3.05, 3.63) is 34.3 Å². The van der Waals surface area contributed by atoms with Crippen LogP contribution in [0.4, 0.5) is 0 Å². The number of halogens is 1. The smallest absolute Gasteiger partial charge is 0.0669 e. The van der Waals surface area contributed by atoms with E-state index in [-0.39, 0.29) is 0 Å². The first-order valence-electron chi connectivity index (χ1n) is 4.77. The lowest BCUT2D eigenvalue weighted by Crippen LogP contribution is -1.95. The van der Waals surface area contributed by atoms with Crippen molar-refractivity contribution in [1.82, 2.24) is 0 Å². The van der Waals surface area contributed by atoms with Gasteiger partial charge in [0.1, 0.15) is 0 Å². The Morgan fingerprint density at radius 1 is 1.43 bits per heavy atom. The number of nitriles is 1. The highest BCUT2D eigenvalue weighted by atomic mass is 35.5. The van der Waals surface area contributed by atoms with E-state index in [1.165, 1.54) is 5.56 Å². The third-order valence-electron chi connectivity index (χ3n) is 2.03. The average molecular weight is 208 g/mol. The molecule has 0 bridgehead atoms. The van der Waals surface area contributed by atoms with Crippen LogP contribution in [0.3, 0.4) is 0 Å². The van der Waals surface area contributed by atoms with Crippen molar-refractivity contribution in [2.24, 2.45) is 5.92 Å².